The molecule has 0 radical (unpaired) electrons. The Hall–Kier alpha value is -1.22. The maximum atomic E-state index is 14.1. The number of alkyl halides is 4. The maximum absolute atomic E-state index is 14.1. The molecule has 0 aromatic carbocycles. The highest BCUT2D eigenvalue weighted by Gasteiger charge is 2.57. The SMILES string of the molecule is CCCC(c1cc[n+](CCCS(=O)(=O)O)cc1)C(F)(F)C(C)(F)F. The van der Waals surface area contributed by atoms with Crippen molar-refractivity contribution in [3.05, 3.63) is 30.1 Å². The number of aromatic nitrogens is 1. The van der Waals surface area contributed by atoms with Gasteiger partial charge < -0.3 is 0 Å². The second-order valence-corrected chi connectivity index (χ2v) is 7.43. The molecule has 4 nitrogen and oxygen atoms in total. The summed E-state index contributed by atoms with van der Waals surface area (Å²) < 4.78 is 86.1. The van der Waals surface area contributed by atoms with Gasteiger partial charge in [0.2, 0.25) is 0 Å². The van der Waals surface area contributed by atoms with Gasteiger partial charge in [-0.05, 0) is 12.0 Å². The van der Waals surface area contributed by atoms with Gasteiger partial charge in [0.25, 0.3) is 10.1 Å². The molecule has 0 amide bonds. The van der Waals surface area contributed by atoms with Crippen molar-refractivity contribution in [3.8, 4) is 0 Å². The van der Waals surface area contributed by atoms with E-state index < -0.39 is 33.6 Å². The van der Waals surface area contributed by atoms with Gasteiger partial charge in [0.1, 0.15) is 6.54 Å². The molecule has 0 saturated carbocycles. The highest BCUT2D eigenvalue weighted by atomic mass is 32.2. The molecule has 1 unspecified atom stereocenters. The smallest absolute Gasteiger partial charge is 0.286 e. The third-order valence-corrected chi connectivity index (χ3v) is 4.54. The van der Waals surface area contributed by atoms with Crippen molar-refractivity contribution in [1.29, 1.82) is 0 Å². The van der Waals surface area contributed by atoms with Gasteiger partial charge in [0.15, 0.2) is 12.4 Å². The van der Waals surface area contributed by atoms with E-state index in [1.165, 1.54) is 24.5 Å². The molecular weight excluding hydrogens is 350 g/mol. The van der Waals surface area contributed by atoms with Crippen molar-refractivity contribution in [2.75, 3.05) is 5.75 Å². The standard InChI is InChI=1S/C15H21F4NO3S/c1-3-5-13(15(18,19)14(2,16)17)12-6-9-20(10-7-12)8-4-11-24(21,22)23/h6-7,9-10,13H,3-5,8,11H2,1-2H3/p+1. The van der Waals surface area contributed by atoms with Crippen LogP contribution >= 0.6 is 0 Å². The van der Waals surface area contributed by atoms with Crippen molar-refractivity contribution >= 4 is 10.1 Å². The molecule has 0 spiro atoms. The first-order valence-electron chi connectivity index (χ1n) is 7.58. The van der Waals surface area contributed by atoms with Gasteiger partial charge in [-0.1, -0.05) is 13.3 Å². The predicted octanol–water partition coefficient (Wildman–Crippen LogP) is 3.43. The monoisotopic (exact) mass is 372 g/mol. The van der Waals surface area contributed by atoms with Crippen LogP contribution in [0.1, 0.15) is 44.6 Å². The summed E-state index contributed by atoms with van der Waals surface area (Å²) in [6, 6.07) is 2.68. The summed E-state index contributed by atoms with van der Waals surface area (Å²) in [4.78, 5) is 0. The van der Waals surface area contributed by atoms with Gasteiger partial charge in [-0.2, -0.15) is 17.2 Å². The molecule has 0 bridgehead atoms. The lowest BCUT2D eigenvalue weighted by atomic mass is 9.86. The minimum Gasteiger partial charge on any atom is -0.286 e. The lowest BCUT2D eigenvalue weighted by molar-refractivity contribution is -0.696. The van der Waals surface area contributed by atoms with Gasteiger partial charge in [0.05, 0.1) is 11.7 Å². The van der Waals surface area contributed by atoms with Crippen LogP contribution in [-0.2, 0) is 16.7 Å². The zero-order valence-electron chi connectivity index (χ0n) is 13.6. The largest absolute Gasteiger partial charge is 0.316 e. The molecule has 9 heteroatoms. The van der Waals surface area contributed by atoms with Crippen LogP contribution in [0.3, 0.4) is 0 Å². The topological polar surface area (TPSA) is 58.2 Å². The molecule has 0 aliphatic heterocycles. The van der Waals surface area contributed by atoms with Crippen molar-refractivity contribution in [2.45, 2.75) is 57.4 Å². The number of hydrogen-bond acceptors (Lipinski definition) is 2. The van der Waals surface area contributed by atoms with E-state index in [4.69, 9.17) is 4.55 Å². The summed E-state index contributed by atoms with van der Waals surface area (Å²) in [5.74, 6) is -10.3. The third-order valence-electron chi connectivity index (χ3n) is 3.74. The first-order chi connectivity index (χ1) is 10.9. The summed E-state index contributed by atoms with van der Waals surface area (Å²) in [5, 5.41) is 0. The fourth-order valence-corrected chi connectivity index (χ4v) is 2.93. The zero-order chi connectivity index (χ0) is 18.6. The van der Waals surface area contributed by atoms with Crippen LogP contribution in [0.5, 0.6) is 0 Å². The van der Waals surface area contributed by atoms with Crippen LogP contribution in [0, 0.1) is 0 Å². The highest BCUT2D eigenvalue weighted by molar-refractivity contribution is 7.85. The average Bonchev–Trinajstić information content (AvgIpc) is 2.43. The number of rotatable bonds is 9. The van der Waals surface area contributed by atoms with Crippen LogP contribution in [0.2, 0.25) is 0 Å². The van der Waals surface area contributed by atoms with E-state index in [-0.39, 0.29) is 31.9 Å². The number of halogens is 4. The molecule has 24 heavy (non-hydrogen) atoms. The van der Waals surface area contributed by atoms with Crippen LogP contribution in [-0.4, -0.2) is 30.6 Å². The Morgan fingerprint density at radius 3 is 2.17 bits per heavy atom. The van der Waals surface area contributed by atoms with Crippen LogP contribution in [0.4, 0.5) is 17.6 Å². The first-order valence-corrected chi connectivity index (χ1v) is 9.19. The molecule has 0 saturated heterocycles. The van der Waals surface area contributed by atoms with Crippen molar-refractivity contribution in [2.24, 2.45) is 0 Å². The molecule has 1 atom stereocenters. The average molecular weight is 372 g/mol. The van der Waals surface area contributed by atoms with Gasteiger partial charge in [-0.25, -0.2) is 13.3 Å². The van der Waals surface area contributed by atoms with Crippen molar-refractivity contribution in [3.63, 3.8) is 0 Å². The fraction of sp³-hybridized carbons (Fsp3) is 0.667. The van der Waals surface area contributed by atoms with Crippen LogP contribution in [0.25, 0.3) is 0 Å². The molecule has 1 rings (SSSR count). The summed E-state index contributed by atoms with van der Waals surface area (Å²) in [7, 11) is -4.05. The molecule has 0 aliphatic rings. The molecule has 0 fully saturated rings. The van der Waals surface area contributed by atoms with E-state index in [2.05, 4.69) is 0 Å². The summed E-state index contributed by atoms with van der Waals surface area (Å²) in [5.41, 5.74) is 0.106. The Morgan fingerprint density at radius 2 is 1.75 bits per heavy atom. The summed E-state index contributed by atoms with van der Waals surface area (Å²) in [6.45, 7) is 2.11. The number of hydrogen-bond donors (Lipinski definition) is 1. The minimum absolute atomic E-state index is 0.0802. The van der Waals surface area contributed by atoms with Crippen LogP contribution < -0.4 is 4.57 Å². The van der Waals surface area contributed by atoms with Gasteiger partial charge >= 0.3 is 11.8 Å². The zero-order valence-corrected chi connectivity index (χ0v) is 14.4. The van der Waals surface area contributed by atoms with E-state index >= 15 is 0 Å². The number of pyridine rings is 1. The maximum Gasteiger partial charge on any atom is 0.316 e. The third kappa shape index (κ3) is 5.70. The second-order valence-electron chi connectivity index (χ2n) is 5.86. The molecule has 1 aromatic rings. The summed E-state index contributed by atoms with van der Waals surface area (Å²) >= 11 is 0. The van der Waals surface area contributed by atoms with Crippen molar-refractivity contribution < 1.29 is 35.1 Å². The Morgan fingerprint density at radius 1 is 1.21 bits per heavy atom. The lowest BCUT2D eigenvalue weighted by Gasteiger charge is -2.31. The molecule has 138 valence electrons. The Kier molecular flexibility index (Phi) is 6.75. The minimum atomic E-state index is -4.17. The molecule has 1 N–H and O–H groups in total. The van der Waals surface area contributed by atoms with E-state index in [1.807, 2.05) is 0 Å². The molecule has 1 aromatic heterocycles. The molecular formula is C15H22F4NO3S+. The van der Waals surface area contributed by atoms with Gasteiger partial charge in [0, 0.05) is 25.5 Å². The van der Waals surface area contributed by atoms with E-state index in [1.54, 1.807) is 11.5 Å². The lowest BCUT2D eigenvalue weighted by Crippen LogP contribution is -2.43. The quantitative estimate of drug-likeness (QED) is 0.410. The summed E-state index contributed by atoms with van der Waals surface area (Å²) in [6.07, 6.45) is 3.27. The van der Waals surface area contributed by atoms with Gasteiger partial charge in [-0.15, -0.1) is 0 Å². The molecule has 0 aliphatic carbocycles. The van der Waals surface area contributed by atoms with Crippen LogP contribution in [0.15, 0.2) is 24.5 Å². The van der Waals surface area contributed by atoms with Crippen molar-refractivity contribution in [1.82, 2.24) is 0 Å². The highest BCUT2D eigenvalue weighted by Crippen LogP contribution is 2.46. The Labute approximate surface area is 139 Å². The molecule has 1 heterocycles. The number of aryl methyl sites for hydroxylation is 1. The number of nitrogens with zero attached hydrogens (tertiary/aromatic N) is 1. The second kappa shape index (κ2) is 7.77. The van der Waals surface area contributed by atoms with E-state index in [0.29, 0.717) is 6.42 Å². The van der Waals surface area contributed by atoms with Gasteiger partial charge in [-0.3, -0.25) is 4.55 Å². The normalized spacial score (nSPS) is 14.6. The van der Waals surface area contributed by atoms with E-state index in [0.717, 1.165) is 0 Å². The first kappa shape index (κ1) is 20.8. The van der Waals surface area contributed by atoms with E-state index in [9.17, 15) is 26.0 Å². The Bertz CT molecular complexity index is 627. The Balaban J connectivity index is 2.91. The predicted molar refractivity (Wildman–Crippen MR) is 80.9 cm³/mol. The fourth-order valence-electron chi connectivity index (χ4n) is 2.43.